The van der Waals surface area contributed by atoms with E-state index in [9.17, 15) is 9.59 Å². The van der Waals surface area contributed by atoms with E-state index in [2.05, 4.69) is 15.9 Å². The fourth-order valence-electron chi connectivity index (χ4n) is 2.33. The Morgan fingerprint density at radius 1 is 1.17 bits per heavy atom. The van der Waals surface area contributed by atoms with Crippen molar-refractivity contribution in [2.75, 3.05) is 7.11 Å². The van der Waals surface area contributed by atoms with E-state index < -0.39 is 0 Å². The normalized spacial score (nSPS) is 16.1. The highest BCUT2D eigenvalue weighted by molar-refractivity contribution is 9.10. The number of imide groups is 1. The van der Waals surface area contributed by atoms with E-state index in [1.165, 1.54) is 4.90 Å². The van der Waals surface area contributed by atoms with Crippen molar-refractivity contribution in [2.24, 2.45) is 0 Å². The number of hydrogen-bond acceptors (Lipinski definition) is 4. The van der Waals surface area contributed by atoms with Gasteiger partial charge < -0.3 is 4.74 Å². The monoisotopic (exact) mass is 403 g/mol. The Labute approximate surface area is 152 Å². The molecular formula is C18H14BrNO3S. The van der Waals surface area contributed by atoms with E-state index >= 15 is 0 Å². The number of benzene rings is 2. The van der Waals surface area contributed by atoms with Crippen molar-refractivity contribution in [3.05, 3.63) is 69.0 Å². The molecule has 0 aliphatic carbocycles. The maximum absolute atomic E-state index is 12.5. The van der Waals surface area contributed by atoms with Crippen LogP contribution < -0.4 is 4.74 Å². The van der Waals surface area contributed by atoms with Crippen molar-refractivity contribution in [3.63, 3.8) is 0 Å². The summed E-state index contributed by atoms with van der Waals surface area (Å²) in [6.45, 7) is 0.287. The van der Waals surface area contributed by atoms with Crippen LogP contribution in [0.1, 0.15) is 11.1 Å². The topological polar surface area (TPSA) is 46.6 Å². The number of carbonyl (C=O) groups excluding carboxylic acids is 2. The van der Waals surface area contributed by atoms with Gasteiger partial charge in [0.05, 0.1) is 23.0 Å². The number of halogens is 1. The van der Waals surface area contributed by atoms with E-state index in [1.807, 2.05) is 48.5 Å². The molecule has 2 amide bonds. The third-order valence-corrected chi connectivity index (χ3v) is 5.06. The van der Waals surface area contributed by atoms with Crippen LogP contribution in [0.2, 0.25) is 0 Å². The average Bonchev–Trinajstić information content (AvgIpc) is 2.84. The van der Waals surface area contributed by atoms with Gasteiger partial charge >= 0.3 is 0 Å². The molecule has 0 N–H and O–H groups in total. The number of methoxy groups -OCH3 is 1. The zero-order valence-electron chi connectivity index (χ0n) is 12.9. The Morgan fingerprint density at radius 3 is 2.58 bits per heavy atom. The summed E-state index contributed by atoms with van der Waals surface area (Å²) in [5.41, 5.74) is 1.75. The lowest BCUT2D eigenvalue weighted by molar-refractivity contribution is -0.123. The van der Waals surface area contributed by atoms with Gasteiger partial charge in [-0.25, -0.2) is 0 Å². The first-order valence-electron chi connectivity index (χ1n) is 7.21. The van der Waals surface area contributed by atoms with Crippen LogP contribution in [0.25, 0.3) is 6.08 Å². The lowest BCUT2D eigenvalue weighted by atomic mass is 10.2. The molecule has 4 nitrogen and oxygen atoms in total. The SMILES string of the molecule is COc1ccc(C=C2SC(=O)N(Cc3ccccc3)C2=O)cc1Br. The van der Waals surface area contributed by atoms with Crippen molar-refractivity contribution in [3.8, 4) is 5.75 Å². The number of thioether (sulfide) groups is 1. The summed E-state index contributed by atoms with van der Waals surface area (Å²) in [4.78, 5) is 26.4. The van der Waals surface area contributed by atoms with Gasteiger partial charge in [-0.05, 0) is 57.0 Å². The molecule has 24 heavy (non-hydrogen) atoms. The molecule has 0 atom stereocenters. The second-order valence-corrected chi connectivity index (χ2v) is 6.99. The molecule has 1 heterocycles. The van der Waals surface area contributed by atoms with Crippen molar-refractivity contribution >= 4 is 44.9 Å². The second-order valence-electron chi connectivity index (χ2n) is 5.15. The van der Waals surface area contributed by atoms with Crippen LogP contribution >= 0.6 is 27.7 Å². The summed E-state index contributed by atoms with van der Waals surface area (Å²) in [7, 11) is 1.59. The van der Waals surface area contributed by atoms with Crippen molar-refractivity contribution in [1.29, 1.82) is 0 Å². The third kappa shape index (κ3) is 3.55. The summed E-state index contributed by atoms with van der Waals surface area (Å²) in [5, 5.41) is -0.248. The van der Waals surface area contributed by atoms with Gasteiger partial charge in [0.2, 0.25) is 0 Å². The number of nitrogens with zero attached hydrogens (tertiary/aromatic N) is 1. The van der Waals surface area contributed by atoms with Crippen LogP contribution in [-0.4, -0.2) is 23.2 Å². The second kappa shape index (κ2) is 7.23. The molecular weight excluding hydrogens is 390 g/mol. The minimum Gasteiger partial charge on any atom is -0.496 e. The molecule has 0 bridgehead atoms. The molecule has 1 saturated heterocycles. The fourth-order valence-corrected chi connectivity index (χ4v) is 3.72. The predicted octanol–water partition coefficient (Wildman–Crippen LogP) is 4.69. The first-order chi connectivity index (χ1) is 11.6. The molecule has 6 heteroatoms. The van der Waals surface area contributed by atoms with Gasteiger partial charge in [-0.2, -0.15) is 0 Å². The molecule has 0 saturated carbocycles. The fraction of sp³-hybridized carbons (Fsp3) is 0.111. The van der Waals surface area contributed by atoms with Crippen LogP contribution in [0.4, 0.5) is 4.79 Å². The van der Waals surface area contributed by atoms with Crippen LogP contribution in [-0.2, 0) is 11.3 Å². The number of amides is 2. The lowest BCUT2D eigenvalue weighted by Crippen LogP contribution is -2.27. The molecule has 0 radical (unpaired) electrons. The highest BCUT2D eigenvalue weighted by Gasteiger charge is 2.34. The molecule has 122 valence electrons. The third-order valence-electron chi connectivity index (χ3n) is 3.53. The van der Waals surface area contributed by atoms with Crippen LogP contribution in [0.5, 0.6) is 5.75 Å². The first-order valence-corrected chi connectivity index (χ1v) is 8.82. The summed E-state index contributed by atoms with van der Waals surface area (Å²) in [5.74, 6) is 0.449. The van der Waals surface area contributed by atoms with Gasteiger partial charge in [-0.3, -0.25) is 14.5 Å². The van der Waals surface area contributed by atoms with Crippen molar-refractivity contribution in [1.82, 2.24) is 4.90 Å². The highest BCUT2D eigenvalue weighted by Crippen LogP contribution is 2.34. The lowest BCUT2D eigenvalue weighted by Gasteiger charge is -2.12. The van der Waals surface area contributed by atoms with E-state index in [-0.39, 0.29) is 17.7 Å². The average molecular weight is 404 g/mol. The highest BCUT2D eigenvalue weighted by atomic mass is 79.9. The van der Waals surface area contributed by atoms with Gasteiger partial charge in [0.15, 0.2) is 0 Å². The van der Waals surface area contributed by atoms with Crippen LogP contribution in [0, 0.1) is 0 Å². The molecule has 1 aliphatic rings. The molecule has 2 aromatic rings. The summed E-state index contributed by atoms with van der Waals surface area (Å²) in [6, 6.07) is 15.0. The van der Waals surface area contributed by atoms with E-state index in [1.54, 1.807) is 13.2 Å². The summed E-state index contributed by atoms with van der Waals surface area (Å²) >= 11 is 4.38. The van der Waals surface area contributed by atoms with Crippen molar-refractivity contribution in [2.45, 2.75) is 6.54 Å². The Bertz CT molecular complexity index is 820. The molecule has 1 aliphatic heterocycles. The Hall–Kier alpha value is -2.05. The number of hydrogen-bond donors (Lipinski definition) is 0. The van der Waals surface area contributed by atoms with Gasteiger partial charge in [0, 0.05) is 0 Å². The Morgan fingerprint density at radius 2 is 1.92 bits per heavy atom. The smallest absolute Gasteiger partial charge is 0.293 e. The Kier molecular flexibility index (Phi) is 5.06. The molecule has 0 unspecified atom stereocenters. The summed E-state index contributed by atoms with van der Waals surface area (Å²) < 4.78 is 5.98. The first kappa shape index (κ1) is 16.8. The quantitative estimate of drug-likeness (QED) is 0.694. The summed E-state index contributed by atoms with van der Waals surface area (Å²) in [6.07, 6.45) is 1.72. The van der Waals surface area contributed by atoms with E-state index in [0.717, 1.165) is 27.4 Å². The zero-order chi connectivity index (χ0) is 17.1. The van der Waals surface area contributed by atoms with Gasteiger partial charge in [-0.15, -0.1) is 0 Å². The molecule has 0 spiro atoms. The standard InChI is InChI=1S/C18H14BrNO3S/c1-23-15-8-7-13(9-14(15)19)10-16-17(21)20(18(22)24-16)11-12-5-3-2-4-6-12/h2-10H,11H2,1H3. The molecule has 3 rings (SSSR count). The molecule has 2 aromatic carbocycles. The number of ether oxygens (including phenoxy) is 1. The maximum Gasteiger partial charge on any atom is 0.293 e. The predicted molar refractivity (Wildman–Crippen MR) is 98.7 cm³/mol. The van der Waals surface area contributed by atoms with Crippen LogP contribution in [0.3, 0.4) is 0 Å². The number of rotatable bonds is 4. The minimum atomic E-state index is -0.263. The molecule has 0 aromatic heterocycles. The van der Waals surface area contributed by atoms with Gasteiger partial charge in [0.25, 0.3) is 11.1 Å². The zero-order valence-corrected chi connectivity index (χ0v) is 15.3. The maximum atomic E-state index is 12.5. The Balaban J connectivity index is 1.82. The van der Waals surface area contributed by atoms with Gasteiger partial charge in [-0.1, -0.05) is 36.4 Å². The minimum absolute atomic E-state index is 0.248. The van der Waals surface area contributed by atoms with Crippen LogP contribution in [0.15, 0.2) is 57.9 Å². The van der Waals surface area contributed by atoms with Gasteiger partial charge in [0.1, 0.15) is 5.75 Å². The van der Waals surface area contributed by atoms with E-state index in [0.29, 0.717) is 10.7 Å². The van der Waals surface area contributed by atoms with E-state index in [4.69, 9.17) is 4.74 Å². The number of carbonyl (C=O) groups is 2. The van der Waals surface area contributed by atoms with Crippen molar-refractivity contribution < 1.29 is 14.3 Å². The largest absolute Gasteiger partial charge is 0.496 e. The molecule has 1 fully saturated rings.